The summed E-state index contributed by atoms with van der Waals surface area (Å²) < 4.78 is 5.57. The van der Waals surface area contributed by atoms with Gasteiger partial charge >= 0.3 is 12.0 Å². The normalized spacial score (nSPS) is 11.5. The molecule has 0 heterocycles. The number of carboxylic acids is 1. The van der Waals surface area contributed by atoms with E-state index in [1.54, 1.807) is 31.2 Å². The first-order valence-electron chi connectivity index (χ1n) is 6.13. The number of amides is 2. The minimum absolute atomic E-state index is 0.0880. The van der Waals surface area contributed by atoms with E-state index >= 15 is 0 Å². The number of carboxylic acid groups (broad SMARTS) is 1. The number of hydrogen-bond acceptors (Lipinski definition) is 3. The van der Waals surface area contributed by atoms with Crippen LogP contribution in [0.3, 0.4) is 0 Å². The highest BCUT2D eigenvalue weighted by Crippen LogP contribution is 2.18. The van der Waals surface area contributed by atoms with E-state index in [1.807, 2.05) is 0 Å². The summed E-state index contributed by atoms with van der Waals surface area (Å²) in [6.07, 6.45) is -0.346. The molecule has 1 atom stereocenters. The van der Waals surface area contributed by atoms with Crippen LogP contribution >= 0.6 is 11.6 Å². The SMILES string of the molecule is CC(CNC(=O)NCCC(=O)O)Oc1cccc(Cl)c1. The summed E-state index contributed by atoms with van der Waals surface area (Å²) >= 11 is 5.83. The Labute approximate surface area is 122 Å². The molecular formula is C13H17ClN2O4. The van der Waals surface area contributed by atoms with Crippen molar-refractivity contribution in [2.45, 2.75) is 19.4 Å². The zero-order chi connectivity index (χ0) is 15.0. The first-order chi connectivity index (χ1) is 9.47. The van der Waals surface area contributed by atoms with Crippen LogP contribution in [0.4, 0.5) is 4.79 Å². The number of urea groups is 1. The van der Waals surface area contributed by atoms with Crippen molar-refractivity contribution in [2.75, 3.05) is 13.1 Å². The maximum atomic E-state index is 11.3. The number of aliphatic carboxylic acids is 1. The molecule has 1 aromatic rings. The number of nitrogens with one attached hydrogen (secondary N) is 2. The van der Waals surface area contributed by atoms with Crippen LogP contribution in [0, 0.1) is 0 Å². The van der Waals surface area contributed by atoms with E-state index < -0.39 is 12.0 Å². The van der Waals surface area contributed by atoms with Crippen LogP contribution in [0.1, 0.15) is 13.3 Å². The van der Waals surface area contributed by atoms with E-state index in [-0.39, 0.29) is 19.1 Å². The fourth-order valence-electron chi connectivity index (χ4n) is 1.40. The summed E-state index contributed by atoms with van der Waals surface area (Å²) in [5.41, 5.74) is 0. The molecule has 0 aliphatic heterocycles. The number of ether oxygens (including phenoxy) is 1. The van der Waals surface area contributed by atoms with Gasteiger partial charge in [0.05, 0.1) is 13.0 Å². The summed E-state index contributed by atoms with van der Waals surface area (Å²) in [5.74, 6) is -0.332. The Hall–Kier alpha value is -1.95. The van der Waals surface area contributed by atoms with Gasteiger partial charge in [0, 0.05) is 11.6 Å². The van der Waals surface area contributed by atoms with Gasteiger partial charge in [0.2, 0.25) is 0 Å². The van der Waals surface area contributed by atoms with Crippen molar-refractivity contribution in [2.24, 2.45) is 0 Å². The fraction of sp³-hybridized carbons (Fsp3) is 0.385. The molecule has 0 aliphatic carbocycles. The van der Waals surface area contributed by atoms with E-state index in [4.69, 9.17) is 21.4 Å². The van der Waals surface area contributed by atoms with Gasteiger partial charge in [0.15, 0.2) is 0 Å². The highest BCUT2D eigenvalue weighted by atomic mass is 35.5. The maximum Gasteiger partial charge on any atom is 0.314 e. The zero-order valence-corrected chi connectivity index (χ0v) is 11.8. The van der Waals surface area contributed by atoms with Crippen molar-refractivity contribution in [1.82, 2.24) is 10.6 Å². The predicted octanol–water partition coefficient (Wildman–Crippen LogP) is 1.88. The second-order valence-corrected chi connectivity index (χ2v) is 4.60. The quantitative estimate of drug-likeness (QED) is 0.717. The Morgan fingerprint density at radius 1 is 1.40 bits per heavy atom. The molecule has 1 unspecified atom stereocenters. The average Bonchev–Trinajstić information content (AvgIpc) is 2.36. The molecule has 0 spiro atoms. The van der Waals surface area contributed by atoms with E-state index in [1.165, 1.54) is 0 Å². The number of benzene rings is 1. The van der Waals surface area contributed by atoms with E-state index in [9.17, 15) is 9.59 Å². The lowest BCUT2D eigenvalue weighted by Crippen LogP contribution is -2.41. The molecule has 20 heavy (non-hydrogen) atoms. The lowest BCUT2D eigenvalue weighted by molar-refractivity contribution is -0.136. The van der Waals surface area contributed by atoms with Crippen LogP contribution in [-0.4, -0.2) is 36.3 Å². The number of halogens is 1. The average molecular weight is 301 g/mol. The van der Waals surface area contributed by atoms with Gasteiger partial charge in [-0.25, -0.2) is 4.79 Å². The molecule has 1 rings (SSSR count). The lowest BCUT2D eigenvalue weighted by Gasteiger charge is -2.15. The van der Waals surface area contributed by atoms with Crippen molar-refractivity contribution >= 4 is 23.6 Å². The Kier molecular flexibility index (Phi) is 6.66. The Balaban J connectivity index is 2.24. The van der Waals surface area contributed by atoms with Gasteiger partial charge in [0.1, 0.15) is 11.9 Å². The highest BCUT2D eigenvalue weighted by molar-refractivity contribution is 6.30. The molecule has 0 aromatic heterocycles. The van der Waals surface area contributed by atoms with Gasteiger partial charge < -0.3 is 20.5 Å². The second kappa shape index (κ2) is 8.27. The third kappa shape index (κ3) is 6.84. The van der Waals surface area contributed by atoms with Crippen molar-refractivity contribution in [1.29, 1.82) is 0 Å². The van der Waals surface area contributed by atoms with Crippen molar-refractivity contribution in [3.8, 4) is 5.75 Å². The monoisotopic (exact) mass is 300 g/mol. The number of carbonyl (C=O) groups excluding carboxylic acids is 1. The Bertz CT molecular complexity index is 467. The van der Waals surface area contributed by atoms with E-state index in [0.717, 1.165) is 0 Å². The summed E-state index contributed by atoms with van der Waals surface area (Å²) in [6, 6.07) is 6.55. The smallest absolute Gasteiger partial charge is 0.314 e. The van der Waals surface area contributed by atoms with Gasteiger partial charge in [0.25, 0.3) is 0 Å². The molecule has 7 heteroatoms. The fourth-order valence-corrected chi connectivity index (χ4v) is 1.58. The van der Waals surface area contributed by atoms with Crippen molar-refractivity contribution < 1.29 is 19.4 Å². The standard InChI is InChI=1S/C13H17ClN2O4/c1-9(20-11-4-2-3-10(14)7-11)8-16-13(19)15-6-5-12(17)18/h2-4,7,9H,5-6,8H2,1H3,(H,17,18)(H2,15,16,19). The molecule has 0 bridgehead atoms. The first-order valence-corrected chi connectivity index (χ1v) is 6.51. The maximum absolute atomic E-state index is 11.3. The summed E-state index contributed by atoms with van der Waals surface area (Å²) in [4.78, 5) is 21.6. The molecule has 3 N–H and O–H groups in total. The van der Waals surface area contributed by atoms with Crippen LogP contribution in [0.15, 0.2) is 24.3 Å². The van der Waals surface area contributed by atoms with E-state index in [0.29, 0.717) is 17.3 Å². The largest absolute Gasteiger partial charge is 0.489 e. The van der Waals surface area contributed by atoms with Crippen molar-refractivity contribution in [3.05, 3.63) is 29.3 Å². The number of rotatable bonds is 7. The molecule has 0 saturated carbocycles. The Morgan fingerprint density at radius 3 is 2.80 bits per heavy atom. The van der Waals surface area contributed by atoms with Crippen molar-refractivity contribution in [3.63, 3.8) is 0 Å². The van der Waals surface area contributed by atoms with Gasteiger partial charge in [-0.3, -0.25) is 4.79 Å². The topological polar surface area (TPSA) is 87.7 Å². The van der Waals surface area contributed by atoms with Crippen LogP contribution in [0.25, 0.3) is 0 Å². The van der Waals surface area contributed by atoms with Crippen LogP contribution in [0.5, 0.6) is 5.75 Å². The number of carbonyl (C=O) groups is 2. The number of hydrogen-bond donors (Lipinski definition) is 3. The van der Waals surface area contributed by atoms with Crippen LogP contribution in [0.2, 0.25) is 5.02 Å². The van der Waals surface area contributed by atoms with Crippen LogP contribution in [-0.2, 0) is 4.79 Å². The van der Waals surface area contributed by atoms with Gasteiger partial charge in [-0.05, 0) is 25.1 Å². The van der Waals surface area contributed by atoms with E-state index in [2.05, 4.69) is 10.6 Å². The highest BCUT2D eigenvalue weighted by Gasteiger charge is 2.07. The minimum Gasteiger partial charge on any atom is -0.489 e. The molecule has 0 saturated heterocycles. The van der Waals surface area contributed by atoms with Gasteiger partial charge in [-0.15, -0.1) is 0 Å². The Morgan fingerprint density at radius 2 is 2.15 bits per heavy atom. The molecule has 0 fully saturated rings. The summed E-state index contributed by atoms with van der Waals surface area (Å²) in [7, 11) is 0. The summed E-state index contributed by atoms with van der Waals surface area (Å²) in [5, 5.41) is 14.0. The molecule has 1 aromatic carbocycles. The lowest BCUT2D eigenvalue weighted by atomic mass is 10.3. The third-order valence-corrected chi connectivity index (χ3v) is 2.54. The van der Waals surface area contributed by atoms with Gasteiger partial charge in [-0.2, -0.15) is 0 Å². The minimum atomic E-state index is -0.956. The summed E-state index contributed by atoms with van der Waals surface area (Å²) in [6.45, 7) is 2.19. The molecule has 6 nitrogen and oxygen atoms in total. The zero-order valence-electron chi connectivity index (χ0n) is 11.1. The first kappa shape index (κ1) is 16.1. The third-order valence-electron chi connectivity index (χ3n) is 2.31. The molecule has 0 radical (unpaired) electrons. The van der Waals surface area contributed by atoms with Gasteiger partial charge in [-0.1, -0.05) is 17.7 Å². The molecular weight excluding hydrogens is 284 g/mol. The molecule has 110 valence electrons. The second-order valence-electron chi connectivity index (χ2n) is 4.17. The molecule has 0 aliphatic rings. The van der Waals surface area contributed by atoms with Crippen LogP contribution < -0.4 is 15.4 Å². The predicted molar refractivity (Wildman–Crippen MR) is 75.2 cm³/mol. The molecule has 2 amide bonds.